The van der Waals surface area contributed by atoms with Gasteiger partial charge in [-0.05, 0) is 30.6 Å². The number of hydrogen-bond acceptors (Lipinski definition) is 3. The summed E-state index contributed by atoms with van der Waals surface area (Å²) in [6.45, 7) is 4.07. The van der Waals surface area contributed by atoms with Crippen LogP contribution < -0.4 is 5.73 Å². The summed E-state index contributed by atoms with van der Waals surface area (Å²) in [6.07, 6.45) is 5.10. The molecule has 1 aliphatic heterocycles. The standard InChI is InChI=1S/C10H15N3/c11-5-9-4-10(7-12-6-9)8-13-2-1-3-13/h4,6-7H,1-3,5,8,11H2. The first kappa shape index (κ1) is 8.66. The SMILES string of the molecule is NCc1cncc(CN2CCC2)c1. The van der Waals surface area contributed by atoms with Crippen LogP contribution in [-0.2, 0) is 13.1 Å². The summed E-state index contributed by atoms with van der Waals surface area (Å²) >= 11 is 0. The molecule has 0 aromatic carbocycles. The number of nitrogens with two attached hydrogens (primary N) is 1. The van der Waals surface area contributed by atoms with E-state index in [9.17, 15) is 0 Å². The molecular formula is C10H15N3. The highest BCUT2D eigenvalue weighted by Crippen LogP contribution is 2.12. The molecule has 0 bridgehead atoms. The molecule has 1 fully saturated rings. The Kier molecular flexibility index (Phi) is 2.57. The van der Waals surface area contributed by atoms with Gasteiger partial charge in [0.25, 0.3) is 0 Å². The predicted molar refractivity (Wildman–Crippen MR) is 52.0 cm³/mol. The molecule has 0 atom stereocenters. The minimum Gasteiger partial charge on any atom is -0.326 e. The van der Waals surface area contributed by atoms with Crippen molar-refractivity contribution in [2.24, 2.45) is 5.73 Å². The Balaban J connectivity index is 2.01. The molecule has 3 heteroatoms. The molecule has 70 valence electrons. The van der Waals surface area contributed by atoms with Crippen LogP contribution >= 0.6 is 0 Å². The van der Waals surface area contributed by atoms with Crippen molar-refractivity contribution in [1.29, 1.82) is 0 Å². The molecule has 0 aliphatic carbocycles. The Labute approximate surface area is 78.6 Å². The van der Waals surface area contributed by atoms with Gasteiger partial charge >= 0.3 is 0 Å². The Morgan fingerprint density at radius 2 is 2.08 bits per heavy atom. The summed E-state index contributed by atoms with van der Waals surface area (Å²) < 4.78 is 0. The van der Waals surface area contributed by atoms with E-state index in [1.54, 1.807) is 0 Å². The largest absolute Gasteiger partial charge is 0.326 e. The summed E-state index contributed by atoms with van der Waals surface area (Å²) in [5.41, 5.74) is 7.95. The van der Waals surface area contributed by atoms with Crippen LogP contribution in [0.1, 0.15) is 17.5 Å². The Bertz CT molecular complexity index is 281. The second-order valence-electron chi connectivity index (χ2n) is 3.54. The maximum absolute atomic E-state index is 5.54. The minimum atomic E-state index is 0.584. The van der Waals surface area contributed by atoms with Gasteiger partial charge < -0.3 is 5.73 Å². The lowest BCUT2D eigenvalue weighted by Gasteiger charge is -2.30. The van der Waals surface area contributed by atoms with Crippen molar-refractivity contribution in [2.45, 2.75) is 19.5 Å². The third kappa shape index (κ3) is 2.05. The van der Waals surface area contributed by atoms with Gasteiger partial charge in [-0.1, -0.05) is 6.07 Å². The molecule has 1 saturated heterocycles. The van der Waals surface area contributed by atoms with Crippen molar-refractivity contribution >= 4 is 0 Å². The molecule has 1 aliphatic rings. The lowest BCUT2D eigenvalue weighted by Crippen LogP contribution is -2.36. The first-order valence-corrected chi connectivity index (χ1v) is 4.74. The molecular weight excluding hydrogens is 162 g/mol. The molecule has 0 unspecified atom stereocenters. The van der Waals surface area contributed by atoms with E-state index < -0.39 is 0 Å². The Morgan fingerprint density at radius 3 is 2.69 bits per heavy atom. The van der Waals surface area contributed by atoms with Gasteiger partial charge in [-0.2, -0.15) is 0 Å². The van der Waals surface area contributed by atoms with Gasteiger partial charge in [0.2, 0.25) is 0 Å². The van der Waals surface area contributed by atoms with Crippen molar-refractivity contribution in [1.82, 2.24) is 9.88 Å². The van der Waals surface area contributed by atoms with Crippen LogP contribution in [0.15, 0.2) is 18.5 Å². The molecule has 2 heterocycles. The van der Waals surface area contributed by atoms with Crippen LogP contribution in [0.25, 0.3) is 0 Å². The number of nitrogens with zero attached hydrogens (tertiary/aromatic N) is 2. The molecule has 0 saturated carbocycles. The highest BCUT2D eigenvalue weighted by atomic mass is 15.2. The van der Waals surface area contributed by atoms with E-state index in [4.69, 9.17) is 5.73 Å². The highest BCUT2D eigenvalue weighted by Gasteiger charge is 2.13. The molecule has 0 radical (unpaired) electrons. The fraction of sp³-hybridized carbons (Fsp3) is 0.500. The molecule has 3 nitrogen and oxygen atoms in total. The zero-order valence-corrected chi connectivity index (χ0v) is 7.74. The van der Waals surface area contributed by atoms with E-state index in [1.165, 1.54) is 25.1 Å². The summed E-state index contributed by atoms with van der Waals surface area (Å²) in [4.78, 5) is 6.57. The van der Waals surface area contributed by atoms with E-state index in [-0.39, 0.29) is 0 Å². The molecule has 1 aromatic heterocycles. The topological polar surface area (TPSA) is 42.1 Å². The quantitative estimate of drug-likeness (QED) is 0.740. The number of hydrogen-bond donors (Lipinski definition) is 1. The van der Waals surface area contributed by atoms with Crippen LogP contribution in [0, 0.1) is 0 Å². The highest BCUT2D eigenvalue weighted by molar-refractivity contribution is 5.17. The van der Waals surface area contributed by atoms with Gasteiger partial charge in [-0.25, -0.2) is 0 Å². The third-order valence-corrected chi connectivity index (χ3v) is 2.44. The third-order valence-electron chi connectivity index (χ3n) is 2.44. The Morgan fingerprint density at radius 1 is 1.31 bits per heavy atom. The normalized spacial score (nSPS) is 17.0. The minimum absolute atomic E-state index is 0.584. The van der Waals surface area contributed by atoms with Gasteiger partial charge in [0.1, 0.15) is 0 Å². The molecule has 1 aromatic rings. The summed E-state index contributed by atoms with van der Waals surface area (Å²) in [5, 5.41) is 0. The summed E-state index contributed by atoms with van der Waals surface area (Å²) in [6, 6.07) is 2.14. The van der Waals surface area contributed by atoms with Gasteiger partial charge in [0.05, 0.1) is 0 Å². The second kappa shape index (κ2) is 3.85. The fourth-order valence-corrected chi connectivity index (χ4v) is 1.54. The van der Waals surface area contributed by atoms with Gasteiger partial charge in [-0.3, -0.25) is 9.88 Å². The first-order valence-electron chi connectivity index (χ1n) is 4.74. The van der Waals surface area contributed by atoms with Crippen LogP contribution in [0.5, 0.6) is 0 Å². The lowest BCUT2D eigenvalue weighted by atomic mass is 10.1. The van der Waals surface area contributed by atoms with Gasteiger partial charge in [0.15, 0.2) is 0 Å². The summed E-state index contributed by atoms with van der Waals surface area (Å²) in [7, 11) is 0. The maximum atomic E-state index is 5.54. The van der Waals surface area contributed by atoms with Crippen LogP contribution in [0.4, 0.5) is 0 Å². The first-order chi connectivity index (χ1) is 6.38. The van der Waals surface area contributed by atoms with E-state index in [0.717, 1.165) is 12.1 Å². The second-order valence-corrected chi connectivity index (χ2v) is 3.54. The average Bonchev–Trinajstić information content (AvgIpc) is 2.12. The van der Waals surface area contributed by atoms with E-state index in [1.807, 2.05) is 12.4 Å². The number of pyridine rings is 1. The van der Waals surface area contributed by atoms with E-state index >= 15 is 0 Å². The van der Waals surface area contributed by atoms with Crippen LogP contribution in [-0.4, -0.2) is 23.0 Å². The number of likely N-dealkylation sites (tertiary alicyclic amines) is 1. The Hall–Kier alpha value is -0.930. The van der Waals surface area contributed by atoms with Gasteiger partial charge in [0, 0.05) is 25.5 Å². The zero-order valence-electron chi connectivity index (χ0n) is 7.74. The smallest absolute Gasteiger partial charge is 0.0313 e. The van der Waals surface area contributed by atoms with Crippen molar-refractivity contribution < 1.29 is 0 Å². The van der Waals surface area contributed by atoms with E-state index in [2.05, 4.69) is 16.0 Å². The lowest BCUT2D eigenvalue weighted by molar-refractivity contribution is 0.172. The van der Waals surface area contributed by atoms with Crippen molar-refractivity contribution in [3.63, 3.8) is 0 Å². The molecule has 2 rings (SSSR count). The predicted octanol–water partition coefficient (Wildman–Crippen LogP) is 0.746. The molecule has 13 heavy (non-hydrogen) atoms. The van der Waals surface area contributed by atoms with Crippen molar-refractivity contribution in [2.75, 3.05) is 13.1 Å². The average molecular weight is 177 g/mol. The zero-order chi connectivity index (χ0) is 9.10. The molecule has 0 spiro atoms. The van der Waals surface area contributed by atoms with Crippen molar-refractivity contribution in [3.05, 3.63) is 29.6 Å². The fourth-order valence-electron chi connectivity index (χ4n) is 1.54. The molecule has 2 N–H and O–H groups in total. The number of rotatable bonds is 3. The summed E-state index contributed by atoms with van der Waals surface area (Å²) in [5.74, 6) is 0. The monoisotopic (exact) mass is 177 g/mol. The maximum Gasteiger partial charge on any atom is 0.0313 e. The van der Waals surface area contributed by atoms with Crippen molar-refractivity contribution in [3.8, 4) is 0 Å². The van der Waals surface area contributed by atoms with Crippen LogP contribution in [0.2, 0.25) is 0 Å². The van der Waals surface area contributed by atoms with Gasteiger partial charge in [-0.15, -0.1) is 0 Å². The molecule has 0 amide bonds. The number of aromatic nitrogens is 1. The van der Waals surface area contributed by atoms with E-state index in [0.29, 0.717) is 6.54 Å². The van der Waals surface area contributed by atoms with Crippen LogP contribution in [0.3, 0.4) is 0 Å².